The van der Waals surface area contributed by atoms with Crippen LogP contribution in [0.5, 0.6) is 0 Å². The second kappa shape index (κ2) is 16.6. The van der Waals surface area contributed by atoms with Crippen LogP contribution in [0.2, 0.25) is 0 Å². The molecule has 1 rings (SSSR count). The monoisotopic (exact) mass is 568 g/mol. The Bertz CT molecular complexity index is 1070. The van der Waals surface area contributed by atoms with Gasteiger partial charge in [0.05, 0.1) is 24.4 Å². The molecular weight excluding hydrogens is 536 g/mol. The first-order chi connectivity index (χ1) is 18.4. The molecule has 0 saturated carbocycles. The highest BCUT2D eigenvalue weighted by Gasteiger charge is 2.23. The van der Waals surface area contributed by atoms with Gasteiger partial charge in [-0.3, -0.25) is 28.8 Å². The van der Waals surface area contributed by atoms with E-state index in [9.17, 15) is 33.6 Å². The summed E-state index contributed by atoms with van der Waals surface area (Å²) in [4.78, 5) is 83.2. The molecule has 17 heteroatoms. The van der Waals surface area contributed by atoms with E-state index in [0.717, 1.165) is 0 Å². The van der Waals surface area contributed by atoms with E-state index in [1.165, 1.54) is 31.2 Å². The standard InChI is InChI=1S/C22H32N8O8S/c1-11(19(34)28-13-4-2-12(3-5-13)22(37)38)27-16(31)8-25-20(35)14(6-23)29-17(32)9-26-21(36)15(7-24)30-18(33)10-39/h2-5,11,14-15,39H,6-10,23-24H2,1H3,(H,25,35)(H,26,36)(H,27,31)(H,28,34)(H,29,32)(H,30,33)(H,37,38)/t11-,14+,15+/m1/s1. The Balaban J connectivity index is 2.47. The molecule has 3 atom stereocenters. The number of rotatable bonds is 15. The second-order valence-electron chi connectivity index (χ2n) is 7.97. The maximum atomic E-state index is 12.3. The molecule has 0 bridgehead atoms. The molecule has 214 valence electrons. The van der Waals surface area contributed by atoms with Gasteiger partial charge in [-0.15, -0.1) is 0 Å². The first-order valence-corrected chi connectivity index (χ1v) is 12.1. The van der Waals surface area contributed by atoms with Crippen molar-refractivity contribution in [2.24, 2.45) is 11.5 Å². The molecule has 11 N–H and O–H groups in total. The summed E-state index contributed by atoms with van der Waals surface area (Å²) in [7, 11) is 0. The number of carboxylic acids is 1. The zero-order chi connectivity index (χ0) is 29.5. The van der Waals surface area contributed by atoms with Crippen molar-refractivity contribution in [2.45, 2.75) is 25.0 Å². The first kappa shape index (κ1) is 32.8. The number of carbonyl (C=O) groups is 7. The summed E-state index contributed by atoms with van der Waals surface area (Å²) < 4.78 is 0. The van der Waals surface area contributed by atoms with Crippen molar-refractivity contribution in [3.8, 4) is 0 Å². The minimum Gasteiger partial charge on any atom is -0.478 e. The van der Waals surface area contributed by atoms with Crippen LogP contribution in [0.25, 0.3) is 0 Å². The summed E-state index contributed by atoms with van der Waals surface area (Å²) in [6.45, 7) is -0.214. The van der Waals surface area contributed by atoms with Crippen molar-refractivity contribution in [3.05, 3.63) is 29.8 Å². The number of anilines is 1. The number of carboxylic acid groups (broad SMARTS) is 1. The van der Waals surface area contributed by atoms with Crippen molar-refractivity contribution in [1.29, 1.82) is 0 Å². The number of nitrogens with two attached hydrogens (primary N) is 2. The van der Waals surface area contributed by atoms with Crippen LogP contribution in [0.1, 0.15) is 17.3 Å². The van der Waals surface area contributed by atoms with Gasteiger partial charge in [0.25, 0.3) is 0 Å². The Hall–Kier alpha value is -4.22. The molecule has 0 aromatic heterocycles. The topological polar surface area (TPSA) is 264 Å². The average Bonchev–Trinajstić information content (AvgIpc) is 2.91. The Morgan fingerprint density at radius 1 is 0.769 bits per heavy atom. The van der Waals surface area contributed by atoms with Crippen molar-refractivity contribution < 1.29 is 38.7 Å². The molecule has 0 spiro atoms. The molecule has 0 saturated heterocycles. The van der Waals surface area contributed by atoms with Gasteiger partial charge in [0, 0.05) is 18.8 Å². The molecule has 0 radical (unpaired) electrons. The van der Waals surface area contributed by atoms with Gasteiger partial charge in [-0.05, 0) is 31.2 Å². The van der Waals surface area contributed by atoms with Gasteiger partial charge in [0.15, 0.2) is 0 Å². The summed E-state index contributed by atoms with van der Waals surface area (Å²) >= 11 is 3.77. The Labute approximate surface area is 228 Å². The zero-order valence-electron chi connectivity index (χ0n) is 21.0. The number of nitrogens with one attached hydrogen (secondary N) is 6. The van der Waals surface area contributed by atoms with Crippen LogP contribution in [-0.2, 0) is 28.8 Å². The number of aromatic carboxylic acids is 1. The SMILES string of the molecule is C[C@@H](NC(=O)CNC(=O)[C@H](CN)NC(=O)CNC(=O)[C@H](CN)NC(=O)CS)C(=O)Nc1ccc(C(=O)O)cc1. The molecule has 0 unspecified atom stereocenters. The van der Waals surface area contributed by atoms with Gasteiger partial charge >= 0.3 is 5.97 Å². The third-order valence-electron chi connectivity index (χ3n) is 4.93. The van der Waals surface area contributed by atoms with Crippen LogP contribution in [0.3, 0.4) is 0 Å². The molecule has 39 heavy (non-hydrogen) atoms. The quantitative estimate of drug-likeness (QED) is 0.0913. The number of thiol groups is 1. The van der Waals surface area contributed by atoms with E-state index in [-0.39, 0.29) is 24.4 Å². The van der Waals surface area contributed by atoms with E-state index in [0.29, 0.717) is 5.69 Å². The number of benzene rings is 1. The van der Waals surface area contributed by atoms with E-state index in [4.69, 9.17) is 16.6 Å². The smallest absolute Gasteiger partial charge is 0.335 e. The third kappa shape index (κ3) is 11.8. The molecule has 1 aromatic carbocycles. The Kier molecular flexibility index (Phi) is 14.0. The van der Waals surface area contributed by atoms with Crippen LogP contribution < -0.4 is 43.4 Å². The third-order valence-corrected chi connectivity index (χ3v) is 5.22. The van der Waals surface area contributed by atoms with Crippen LogP contribution >= 0.6 is 12.6 Å². The number of hydrogen-bond acceptors (Lipinski definition) is 10. The molecular formula is C22H32N8O8S. The highest BCUT2D eigenvalue weighted by Crippen LogP contribution is 2.10. The highest BCUT2D eigenvalue weighted by atomic mass is 32.1. The van der Waals surface area contributed by atoms with Crippen LogP contribution in [0, 0.1) is 0 Å². The summed E-state index contributed by atoms with van der Waals surface area (Å²) in [6, 6.07) is 2.08. The highest BCUT2D eigenvalue weighted by molar-refractivity contribution is 7.81. The van der Waals surface area contributed by atoms with Gasteiger partial charge in [-0.25, -0.2) is 4.79 Å². The fourth-order valence-corrected chi connectivity index (χ4v) is 2.93. The first-order valence-electron chi connectivity index (χ1n) is 11.5. The van der Waals surface area contributed by atoms with Crippen LogP contribution in [0.15, 0.2) is 24.3 Å². The van der Waals surface area contributed by atoms with Crippen molar-refractivity contribution in [1.82, 2.24) is 26.6 Å². The maximum absolute atomic E-state index is 12.3. The minimum absolute atomic E-state index is 0.0388. The predicted molar refractivity (Wildman–Crippen MR) is 141 cm³/mol. The molecule has 0 fully saturated rings. The lowest BCUT2D eigenvalue weighted by Gasteiger charge is -2.19. The summed E-state index contributed by atoms with van der Waals surface area (Å²) in [6.07, 6.45) is 0. The summed E-state index contributed by atoms with van der Waals surface area (Å²) in [5, 5.41) is 23.0. The molecule has 0 aliphatic heterocycles. The van der Waals surface area contributed by atoms with E-state index >= 15 is 0 Å². The zero-order valence-corrected chi connectivity index (χ0v) is 21.9. The number of carbonyl (C=O) groups excluding carboxylic acids is 6. The average molecular weight is 569 g/mol. The molecule has 16 nitrogen and oxygen atoms in total. The van der Waals surface area contributed by atoms with E-state index in [2.05, 4.69) is 44.5 Å². The van der Waals surface area contributed by atoms with Gasteiger partial charge in [-0.2, -0.15) is 12.6 Å². The Morgan fingerprint density at radius 2 is 1.23 bits per heavy atom. The lowest BCUT2D eigenvalue weighted by molar-refractivity contribution is -0.131. The maximum Gasteiger partial charge on any atom is 0.335 e. The van der Waals surface area contributed by atoms with Crippen molar-refractivity contribution >= 4 is 59.7 Å². The number of hydrogen-bond donors (Lipinski definition) is 10. The van der Waals surface area contributed by atoms with Crippen molar-refractivity contribution in [3.63, 3.8) is 0 Å². The summed E-state index contributed by atoms with van der Waals surface area (Å²) in [5.74, 6) is -5.38. The fraction of sp³-hybridized carbons (Fsp3) is 0.409. The lowest BCUT2D eigenvalue weighted by Crippen LogP contribution is -2.56. The molecule has 6 amide bonds. The molecule has 1 aromatic rings. The van der Waals surface area contributed by atoms with Crippen molar-refractivity contribution in [2.75, 3.05) is 37.2 Å². The largest absolute Gasteiger partial charge is 0.478 e. The predicted octanol–water partition coefficient (Wildman–Crippen LogP) is -4.12. The van der Waals surface area contributed by atoms with Gasteiger partial charge in [-0.1, -0.05) is 0 Å². The van der Waals surface area contributed by atoms with Crippen LogP contribution in [0.4, 0.5) is 5.69 Å². The van der Waals surface area contributed by atoms with E-state index in [1.54, 1.807) is 0 Å². The lowest BCUT2D eigenvalue weighted by atomic mass is 10.2. The van der Waals surface area contributed by atoms with Gasteiger partial charge < -0.3 is 48.5 Å². The fourth-order valence-electron chi connectivity index (χ4n) is 2.83. The Morgan fingerprint density at radius 3 is 1.67 bits per heavy atom. The minimum atomic E-state index is -1.23. The number of amides is 6. The van der Waals surface area contributed by atoms with Crippen LogP contribution in [-0.4, -0.2) is 96.6 Å². The van der Waals surface area contributed by atoms with Gasteiger partial charge in [0.1, 0.15) is 18.1 Å². The molecule has 0 aliphatic rings. The molecule has 0 heterocycles. The van der Waals surface area contributed by atoms with E-state index < -0.39 is 72.6 Å². The normalized spacial score (nSPS) is 12.6. The second-order valence-corrected chi connectivity index (χ2v) is 8.28. The van der Waals surface area contributed by atoms with Gasteiger partial charge in [0.2, 0.25) is 35.4 Å². The molecule has 0 aliphatic carbocycles. The summed E-state index contributed by atoms with van der Waals surface area (Å²) in [5.41, 5.74) is 11.3. The van der Waals surface area contributed by atoms with E-state index in [1.807, 2.05) is 0 Å².